The summed E-state index contributed by atoms with van der Waals surface area (Å²) in [5, 5.41) is 9.36. The van der Waals surface area contributed by atoms with Crippen molar-refractivity contribution in [2.45, 2.75) is 33.7 Å². The second-order valence-corrected chi connectivity index (χ2v) is 9.72. The lowest BCUT2D eigenvalue weighted by molar-refractivity contribution is 0.0620. The largest absolute Gasteiger partial charge is 0.338 e. The summed E-state index contributed by atoms with van der Waals surface area (Å²) >= 11 is 0. The van der Waals surface area contributed by atoms with Crippen molar-refractivity contribution < 1.29 is 4.79 Å². The average Bonchev–Trinajstić information content (AvgIpc) is 2.81. The second kappa shape index (κ2) is 8.56. The van der Waals surface area contributed by atoms with Crippen molar-refractivity contribution in [3.8, 4) is 0 Å². The zero-order valence-electron chi connectivity index (χ0n) is 19.8. The standard InChI is InChI=1S/C27H29N5O2/c1-17-7-9-20(10-8-17)16-32-24(28)21(26(33)30-14-18(2)12-19(3)15-30)13-22-25(32)29-23-6-4-5-11-31(23)27(22)34/h4-11,13,18-19,28H,12,14-16H2,1-3H3. The van der Waals surface area contributed by atoms with Crippen molar-refractivity contribution in [1.29, 1.82) is 5.41 Å². The van der Waals surface area contributed by atoms with Crippen LogP contribution in [0, 0.1) is 24.2 Å². The van der Waals surface area contributed by atoms with Crippen molar-refractivity contribution in [3.05, 3.63) is 87.3 Å². The van der Waals surface area contributed by atoms with Crippen LogP contribution in [0.25, 0.3) is 16.7 Å². The molecule has 1 amide bonds. The molecule has 4 heterocycles. The molecule has 0 radical (unpaired) electrons. The first kappa shape index (κ1) is 22.1. The van der Waals surface area contributed by atoms with E-state index in [0.29, 0.717) is 48.2 Å². The number of aromatic nitrogens is 3. The molecule has 1 N–H and O–H groups in total. The van der Waals surface area contributed by atoms with E-state index < -0.39 is 0 Å². The Morgan fingerprint density at radius 1 is 1.09 bits per heavy atom. The van der Waals surface area contributed by atoms with E-state index in [2.05, 4.69) is 13.8 Å². The van der Waals surface area contributed by atoms with Crippen LogP contribution in [0.2, 0.25) is 0 Å². The van der Waals surface area contributed by atoms with Gasteiger partial charge >= 0.3 is 0 Å². The molecular formula is C27H29N5O2. The van der Waals surface area contributed by atoms with Gasteiger partial charge in [-0.15, -0.1) is 0 Å². The number of hydrogen-bond acceptors (Lipinski definition) is 4. The first-order valence-corrected chi connectivity index (χ1v) is 11.8. The van der Waals surface area contributed by atoms with E-state index in [4.69, 9.17) is 10.4 Å². The van der Waals surface area contributed by atoms with Crippen LogP contribution in [-0.2, 0) is 6.54 Å². The van der Waals surface area contributed by atoms with Gasteiger partial charge in [-0.25, -0.2) is 4.98 Å². The molecule has 174 valence electrons. The van der Waals surface area contributed by atoms with Gasteiger partial charge in [0.15, 0.2) is 0 Å². The van der Waals surface area contributed by atoms with Crippen LogP contribution < -0.4 is 11.0 Å². The quantitative estimate of drug-likeness (QED) is 0.479. The molecule has 1 aromatic carbocycles. The van der Waals surface area contributed by atoms with Gasteiger partial charge in [-0.05, 0) is 48.9 Å². The number of amides is 1. The maximum Gasteiger partial charge on any atom is 0.267 e. The molecule has 0 saturated carbocycles. The Morgan fingerprint density at radius 3 is 2.50 bits per heavy atom. The fraction of sp³-hybridized carbons (Fsp3) is 0.333. The van der Waals surface area contributed by atoms with Crippen LogP contribution >= 0.6 is 0 Å². The van der Waals surface area contributed by atoms with E-state index >= 15 is 0 Å². The zero-order chi connectivity index (χ0) is 24.0. The summed E-state index contributed by atoms with van der Waals surface area (Å²) in [6, 6.07) is 15.0. The Bertz CT molecular complexity index is 1510. The van der Waals surface area contributed by atoms with Gasteiger partial charge < -0.3 is 9.47 Å². The minimum absolute atomic E-state index is 0.0798. The molecule has 0 spiro atoms. The van der Waals surface area contributed by atoms with E-state index in [1.165, 1.54) is 4.40 Å². The maximum atomic E-state index is 13.6. The molecule has 1 fully saturated rings. The van der Waals surface area contributed by atoms with E-state index in [1.807, 2.05) is 42.2 Å². The Balaban J connectivity index is 1.74. The molecule has 7 heteroatoms. The first-order chi connectivity index (χ1) is 16.3. The number of hydrogen-bond donors (Lipinski definition) is 1. The number of carbonyl (C=O) groups excluding carboxylic acids is 1. The number of pyridine rings is 2. The predicted molar refractivity (Wildman–Crippen MR) is 132 cm³/mol. The molecule has 0 aliphatic carbocycles. The number of aryl methyl sites for hydroxylation is 1. The minimum atomic E-state index is -0.243. The van der Waals surface area contributed by atoms with E-state index in [9.17, 15) is 9.59 Å². The molecule has 34 heavy (non-hydrogen) atoms. The normalized spacial score (nSPS) is 18.5. The lowest BCUT2D eigenvalue weighted by atomic mass is 9.91. The highest BCUT2D eigenvalue weighted by molar-refractivity contribution is 5.97. The molecular weight excluding hydrogens is 426 g/mol. The highest BCUT2D eigenvalue weighted by atomic mass is 16.2. The molecule has 2 atom stereocenters. The maximum absolute atomic E-state index is 13.6. The van der Waals surface area contributed by atoms with Crippen LogP contribution in [0.1, 0.15) is 41.8 Å². The van der Waals surface area contributed by atoms with Crippen LogP contribution in [0.15, 0.2) is 59.5 Å². The summed E-state index contributed by atoms with van der Waals surface area (Å²) in [7, 11) is 0. The summed E-state index contributed by atoms with van der Waals surface area (Å²) in [5.74, 6) is 0.608. The van der Waals surface area contributed by atoms with Crippen LogP contribution in [-0.4, -0.2) is 37.8 Å². The Labute approximate surface area is 197 Å². The van der Waals surface area contributed by atoms with E-state index in [0.717, 1.165) is 17.5 Å². The number of nitrogens with zero attached hydrogens (tertiary/aromatic N) is 4. The van der Waals surface area contributed by atoms with Crippen molar-refractivity contribution in [3.63, 3.8) is 0 Å². The summed E-state index contributed by atoms with van der Waals surface area (Å²) in [5.41, 5.74) is 3.13. The summed E-state index contributed by atoms with van der Waals surface area (Å²) < 4.78 is 3.18. The molecule has 1 aliphatic heterocycles. The minimum Gasteiger partial charge on any atom is -0.338 e. The summed E-state index contributed by atoms with van der Waals surface area (Å²) in [6.07, 6.45) is 2.76. The first-order valence-electron chi connectivity index (χ1n) is 11.8. The number of carbonyl (C=O) groups is 1. The average molecular weight is 456 g/mol. The number of fused-ring (bicyclic) bond motifs is 2. The smallest absolute Gasteiger partial charge is 0.267 e. The monoisotopic (exact) mass is 455 g/mol. The molecule has 4 aromatic rings. The molecule has 3 aromatic heterocycles. The molecule has 0 bridgehead atoms. The Morgan fingerprint density at radius 2 is 1.79 bits per heavy atom. The van der Waals surface area contributed by atoms with Crippen molar-refractivity contribution in [2.75, 3.05) is 13.1 Å². The van der Waals surface area contributed by atoms with Gasteiger partial charge in [-0.3, -0.25) is 19.4 Å². The van der Waals surface area contributed by atoms with Gasteiger partial charge in [-0.2, -0.15) is 0 Å². The molecule has 1 aliphatic rings. The zero-order valence-corrected chi connectivity index (χ0v) is 19.8. The van der Waals surface area contributed by atoms with Gasteiger partial charge in [0.25, 0.3) is 11.5 Å². The second-order valence-electron chi connectivity index (χ2n) is 9.72. The molecule has 7 nitrogen and oxygen atoms in total. The molecule has 2 unspecified atom stereocenters. The van der Waals surface area contributed by atoms with Gasteiger partial charge in [-0.1, -0.05) is 49.7 Å². The number of piperidine rings is 1. The van der Waals surface area contributed by atoms with Crippen molar-refractivity contribution >= 4 is 22.6 Å². The fourth-order valence-electron chi connectivity index (χ4n) is 5.08. The van der Waals surface area contributed by atoms with Gasteiger partial charge in [0.05, 0.1) is 17.5 Å². The van der Waals surface area contributed by atoms with Crippen LogP contribution in [0.3, 0.4) is 0 Å². The van der Waals surface area contributed by atoms with E-state index in [-0.39, 0.29) is 22.5 Å². The lowest BCUT2D eigenvalue weighted by Crippen LogP contribution is -2.45. The summed E-state index contributed by atoms with van der Waals surface area (Å²) in [6.45, 7) is 7.99. The van der Waals surface area contributed by atoms with Gasteiger partial charge in [0.1, 0.15) is 16.8 Å². The number of benzene rings is 1. The topological polar surface area (TPSA) is 83.5 Å². The van der Waals surface area contributed by atoms with E-state index in [1.54, 1.807) is 29.0 Å². The number of likely N-dealkylation sites (tertiary alicyclic amines) is 1. The van der Waals surface area contributed by atoms with Crippen LogP contribution in [0.4, 0.5) is 0 Å². The highest BCUT2D eigenvalue weighted by Crippen LogP contribution is 2.23. The number of nitrogens with one attached hydrogen (secondary N) is 1. The van der Waals surface area contributed by atoms with Gasteiger partial charge in [0, 0.05) is 19.3 Å². The third kappa shape index (κ3) is 3.91. The van der Waals surface area contributed by atoms with Gasteiger partial charge in [0.2, 0.25) is 0 Å². The third-order valence-electron chi connectivity index (χ3n) is 6.67. The third-order valence-corrected chi connectivity index (χ3v) is 6.67. The van der Waals surface area contributed by atoms with Crippen molar-refractivity contribution in [1.82, 2.24) is 18.9 Å². The fourth-order valence-corrected chi connectivity index (χ4v) is 5.08. The number of rotatable bonds is 3. The summed E-state index contributed by atoms with van der Waals surface area (Å²) in [4.78, 5) is 33.6. The highest BCUT2D eigenvalue weighted by Gasteiger charge is 2.28. The Hall–Kier alpha value is -3.74. The Kier molecular flexibility index (Phi) is 5.55. The predicted octanol–water partition coefficient (Wildman–Crippen LogP) is 3.60. The molecule has 5 rings (SSSR count). The van der Waals surface area contributed by atoms with Crippen molar-refractivity contribution in [2.24, 2.45) is 11.8 Å². The lowest BCUT2D eigenvalue weighted by Gasteiger charge is -2.35. The molecule has 1 saturated heterocycles. The van der Waals surface area contributed by atoms with Crippen LogP contribution in [0.5, 0.6) is 0 Å². The SMILES string of the molecule is Cc1ccc(Cn2c(=N)c(C(=O)N3CC(C)CC(C)C3)cc3c(=O)n4ccccc4nc32)cc1.